The fourth-order valence-electron chi connectivity index (χ4n) is 1.88. The molecule has 1 fully saturated rings. The first kappa shape index (κ1) is 12.5. The maximum atomic E-state index is 9.03. The molecule has 0 spiro atoms. The molecule has 4 nitrogen and oxygen atoms in total. The van der Waals surface area contributed by atoms with Crippen molar-refractivity contribution in [3.8, 4) is 0 Å². The van der Waals surface area contributed by atoms with Crippen LogP contribution < -0.4 is 5.32 Å². The first-order chi connectivity index (χ1) is 8.38. The van der Waals surface area contributed by atoms with Gasteiger partial charge in [-0.3, -0.25) is 0 Å². The third-order valence-electron chi connectivity index (χ3n) is 2.76. The van der Waals surface area contributed by atoms with Crippen LogP contribution in [0.5, 0.6) is 0 Å². The summed E-state index contributed by atoms with van der Waals surface area (Å²) < 4.78 is 11.0. The number of morpholine rings is 1. The molecule has 0 bridgehead atoms. The van der Waals surface area contributed by atoms with Crippen LogP contribution in [0.3, 0.4) is 0 Å². The number of rotatable bonds is 5. The van der Waals surface area contributed by atoms with Crippen LogP contribution in [0.25, 0.3) is 0 Å². The molecule has 17 heavy (non-hydrogen) atoms. The van der Waals surface area contributed by atoms with E-state index in [-0.39, 0.29) is 18.7 Å². The Morgan fingerprint density at radius 3 is 2.76 bits per heavy atom. The van der Waals surface area contributed by atoms with Crippen molar-refractivity contribution in [3.63, 3.8) is 0 Å². The summed E-state index contributed by atoms with van der Waals surface area (Å²) in [6.07, 6.45) is 0. The van der Waals surface area contributed by atoms with Gasteiger partial charge in [0.25, 0.3) is 0 Å². The lowest BCUT2D eigenvalue weighted by molar-refractivity contribution is -0.00744. The largest absolute Gasteiger partial charge is 0.395 e. The highest BCUT2D eigenvalue weighted by Crippen LogP contribution is 2.04. The minimum atomic E-state index is 0.0362. The normalized spacial score (nSPS) is 24.8. The van der Waals surface area contributed by atoms with E-state index in [9.17, 15) is 0 Å². The molecule has 0 aromatic heterocycles. The van der Waals surface area contributed by atoms with E-state index >= 15 is 0 Å². The van der Waals surface area contributed by atoms with E-state index in [1.165, 1.54) is 5.56 Å². The van der Waals surface area contributed by atoms with Crippen LogP contribution in [0.2, 0.25) is 0 Å². The zero-order valence-corrected chi connectivity index (χ0v) is 9.84. The number of benzene rings is 1. The van der Waals surface area contributed by atoms with Gasteiger partial charge in [0.15, 0.2) is 0 Å². The standard InChI is InChI=1S/C13H19NO3/c15-6-12-8-17-10-13(14-12)9-16-7-11-4-2-1-3-5-11/h1-5,12-15H,6-10H2/t12-,13-/m0/s1. The third kappa shape index (κ3) is 4.09. The molecule has 2 N–H and O–H groups in total. The molecule has 1 aromatic rings. The van der Waals surface area contributed by atoms with Gasteiger partial charge >= 0.3 is 0 Å². The molecule has 0 saturated carbocycles. The molecule has 1 aromatic carbocycles. The van der Waals surface area contributed by atoms with Crippen LogP contribution in [0.4, 0.5) is 0 Å². The van der Waals surface area contributed by atoms with Gasteiger partial charge in [-0.15, -0.1) is 0 Å². The van der Waals surface area contributed by atoms with Gasteiger partial charge in [-0.1, -0.05) is 30.3 Å². The van der Waals surface area contributed by atoms with E-state index in [0.29, 0.717) is 26.4 Å². The first-order valence-electron chi connectivity index (χ1n) is 5.95. The average Bonchev–Trinajstić information content (AvgIpc) is 2.40. The highest BCUT2D eigenvalue weighted by molar-refractivity contribution is 5.13. The van der Waals surface area contributed by atoms with E-state index in [0.717, 1.165) is 0 Å². The molecule has 0 amide bonds. The molecule has 2 atom stereocenters. The predicted molar refractivity (Wildman–Crippen MR) is 64.7 cm³/mol. The van der Waals surface area contributed by atoms with Gasteiger partial charge < -0.3 is 19.9 Å². The summed E-state index contributed by atoms with van der Waals surface area (Å²) in [7, 11) is 0. The third-order valence-corrected chi connectivity index (χ3v) is 2.76. The molecule has 1 heterocycles. The first-order valence-corrected chi connectivity index (χ1v) is 5.95. The summed E-state index contributed by atoms with van der Waals surface area (Å²) in [4.78, 5) is 0. The fraction of sp³-hybridized carbons (Fsp3) is 0.538. The Labute approximate surface area is 102 Å². The van der Waals surface area contributed by atoms with Gasteiger partial charge in [0.2, 0.25) is 0 Å². The van der Waals surface area contributed by atoms with Crippen LogP contribution >= 0.6 is 0 Å². The summed E-state index contributed by atoms with van der Waals surface area (Å²) in [5.74, 6) is 0. The Hall–Kier alpha value is -0.940. The highest BCUT2D eigenvalue weighted by Gasteiger charge is 2.20. The Morgan fingerprint density at radius 1 is 1.24 bits per heavy atom. The highest BCUT2D eigenvalue weighted by atomic mass is 16.5. The minimum Gasteiger partial charge on any atom is -0.395 e. The quantitative estimate of drug-likeness (QED) is 0.785. The van der Waals surface area contributed by atoms with Crippen molar-refractivity contribution in [3.05, 3.63) is 35.9 Å². The molecule has 0 unspecified atom stereocenters. The van der Waals surface area contributed by atoms with Crippen molar-refractivity contribution in [1.29, 1.82) is 0 Å². The van der Waals surface area contributed by atoms with E-state index in [1.807, 2.05) is 30.3 Å². The number of aliphatic hydroxyl groups excluding tert-OH is 1. The SMILES string of the molecule is OC[C@H]1COC[C@H](COCc2ccccc2)N1. The number of ether oxygens (including phenoxy) is 2. The number of nitrogens with one attached hydrogen (secondary N) is 1. The van der Waals surface area contributed by atoms with Crippen molar-refractivity contribution >= 4 is 0 Å². The van der Waals surface area contributed by atoms with Crippen LogP contribution in [0.15, 0.2) is 30.3 Å². The lowest BCUT2D eigenvalue weighted by atomic mass is 10.2. The second-order valence-electron chi connectivity index (χ2n) is 4.28. The number of aliphatic hydroxyl groups is 1. The van der Waals surface area contributed by atoms with Gasteiger partial charge in [0.05, 0.1) is 45.1 Å². The lowest BCUT2D eigenvalue weighted by Crippen LogP contribution is -2.52. The zero-order valence-electron chi connectivity index (χ0n) is 9.84. The molecule has 94 valence electrons. The Kier molecular flexibility index (Phi) is 4.94. The molecule has 1 saturated heterocycles. The van der Waals surface area contributed by atoms with Gasteiger partial charge in [0, 0.05) is 0 Å². The summed E-state index contributed by atoms with van der Waals surface area (Å²) in [5, 5.41) is 12.3. The number of hydrogen-bond acceptors (Lipinski definition) is 4. The van der Waals surface area contributed by atoms with E-state index in [2.05, 4.69) is 5.32 Å². The topological polar surface area (TPSA) is 50.7 Å². The average molecular weight is 237 g/mol. The molecular weight excluding hydrogens is 218 g/mol. The summed E-state index contributed by atoms with van der Waals surface area (Å²) in [6, 6.07) is 10.3. The summed E-state index contributed by atoms with van der Waals surface area (Å²) in [6.45, 7) is 2.54. The molecule has 2 rings (SSSR count). The van der Waals surface area contributed by atoms with Gasteiger partial charge in [-0.2, -0.15) is 0 Å². The summed E-state index contributed by atoms with van der Waals surface area (Å²) >= 11 is 0. The zero-order chi connectivity index (χ0) is 11.9. The Balaban J connectivity index is 1.68. The number of hydrogen-bond donors (Lipinski definition) is 2. The monoisotopic (exact) mass is 237 g/mol. The second-order valence-corrected chi connectivity index (χ2v) is 4.28. The minimum absolute atomic E-state index is 0.0362. The van der Waals surface area contributed by atoms with Gasteiger partial charge in [-0.25, -0.2) is 0 Å². The van der Waals surface area contributed by atoms with E-state index in [1.54, 1.807) is 0 Å². The maximum absolute atomic E-state index is 9.03. The van der Waals surface area contributed by atoms with Crippen molar-refractivity contribution in [2.24, 2.45) is 0 Å². The molecule has 0 radical (unpaired) electrons. The lowest BCUT2D eigenvalue weighted by Gasteiger charge is -2.29. The predicted octanol–water partition coefficient (Wildman–Crippen LogP) is 0.552. The van der Waals surface area contributed by atoms with Gasteiger partial charge in [-0.05, 0) is 5.56 Å². The second kappa shape index (κ2) is 6.71. The van der Waals surface area contributed by atoms with Gasteiger partial charge in [0.1, 0.15) is 0 Å². The van der Waals surface area contributed by atoms with Crippen molar-refractivity contribution in [2.45, 2.75) is 18.7 Å². The fourth-order valence-corrected chi connectivity index (χ4v) is 1.88. The van der Waals surface area contributed by atoms with Crippen LogP contribution in [0, 0.1) is 0 Å². The van der Waals surface area contributed by atoms with Crippen molar-refractivity contribution in [1.82, 2.24) is 5.32 Å². The Morgan fingerprint density at radius 2 is 2.00 bits per heavy atom. The smallest absolute Gasteiger partial charge is 0.0717 e. The van der Waals surface area contributed by atoms with Crippen molar-refractivity contribution < 1.29 is 14.6 Å². The van der Waals surface area contributed by atoms with Crippen LogP contribution in [-0.4, -0.2) is 43.6 Å². The Bertz CT molecular complexity index is 318. The maximum Gasteiger partial charge on any atom is 0.0717 e. The van der Waals surface area contributed by atoms with E-state index in [4.69, 9.17) is 14.6 Å². The van der Waals surface area contributed by atoms with Crippen LogP contribution in [-0.2, 0) is 16.1 Å². The molecule has 4 heteroatoms. The van der Waals surface area contributed by atoms with E-state index < -0.39 is 0 Å². The molecular formula is C13H19NO3. The molecule has 0 aliphatic carbocycles. The van der Waals surface area contributed by atoms with Crippen LogP contribution in [0.1, 0.15) is 5.56 Å². The summed E-state index contributed by atoms with van der Waals surface area (Å²) in [5.41, 5.74) is 1.17. The van der Waals surface area contributed by atoms with Crippen molar-refractivity contribution in [2.75, 3.05) is 26.4 Å². The molecule has 1 aliphatic heterocycles. The molecule has 1 aliphatic rings.